The smallest absolute Gasteiger partial charge is 0.343 e. The summed E-state index contributed by atoms with van der Waals surface area (Å²) in [7, 11) is 0. The second-order valence-corrected chi connectivity index (χ2v) is 12.5. The molecule has 0 saturated carbocycles. The third kappa shape index (κ3) is 14.0. The van der Waals surface area contributed by atoms with Crippen LogP contribution in [0.3, 0.4) is 0 Å². The third-order valence-electron chi connectivity index (χ3n) is 8.59. The number of esters is 1. The first-order chi connectivity index (χ1) is 23.2. The molecule has 0 aliphatic heterocycles. The predicted octanol–water partition coefficient (Wildman–Crippen LogP) is 12.4. The number of benzene rings is 3. The largest absolute Gasteiger partial charge is 0.494 e. The van der Waals surface area contributed by atoms with E-state index in [9.17, 15) is 4.79 Å². The minimum Gasteiger partial charge on any atom is -0.494 e. The Labute approximate surface area is 283 Å². The fourth-order valence-corrected chi connectivity index (χ4v) is 5.70. The molecule has 0 heterocycles. The summed E-state index contributed by atoms with van der Waals surface area (Å²) in [6.07, 6.45) is 29.6. The Balaban J connectivity index is 1.03. The van der Waals surface area contributed by atoms with E-state index in [1.807, 2.05) is 73.0 Å². The van der Waals surface area contributed by atoms with Crippen LogP contribution >= 0.6 is 0 Å². The van der Waals surface area contributed by atoms with E-state index in [2.05, 4.69) is 17.6 Å². The molecule has 0 bridgehead atoms. The average molecular weight is 632 g/mol. The molecule has 3 aromatic rings. The van der Waals surface area contributed by atoms with Crippen molar-refractivity contribution in [2.24, 2.45) is 4.99 Å². The van der Waals surface area contributed by atoms with Crippen molar-refractivity contribution in [1.82, 2.24) is 0 Å². The van der Waals surface area contributed by atoms with Gasteiger partial charge < -0.3 is 9.47 Å². The van der Waals surface area contributed by atoms with Gasteiger partial charge in [0.15, 0.2) is 0 Å². The number of carbonyl (C=O) groups is 1. The number of carbonyl (C=O) groups excluding carboxylic acids is 1. The van der Waals surface area contributed by atoms with Crippen LogP contribution in [0.4, 0.5) is 5.69 Å². The second kappa shape index (κ2) is 21.6. The zero-order valence-electron chi connectivity index (χ0n) is 28.4. The molecule has 0 N–H and O–H groups in total. The Hall–Kier alpha value is -4.14. The van der Waals surface area contributed by atoms with Crippen LogP contribution in [0.1, 0.15) is 131 Å². The topological polar surface area (TPSA) is 47.9 Å². The average Bonchev–Trinajstić information content (AvgIpc) is 3.65. The summed E-state index contributed by atoms with van der Waals surface area (Å²) in [6.45, 7) is 3.05. The van der Waals surface area contributed by atoms with Crippen molar-refractivity contribution in [3.8, 4) is 11.5 Å². The lowest BCUT2D eigenvalue weighted by Crippen LogP contribution is -2.08. The lowest BCUT2D eigenvalue weighted by atomic mass is 10.0. The number of aliphatic imine (C=N–C) groups is 1. The van der Waals surface area contributed by atoms with Crippen LogP contribution in [0, 0.1) is 0 Å². The number of ether oxygens (including phenoxy) is 2. The summed E-state index contributed by atoms with van der Waals surface area (Å²) in [4.78, 5) is 17.2. The van der Waals surface area contributed by atoms with E-state index < -0.39 is 5.97 Å². The van der Waals surface area contributed by atoms with Gasteiger partial charge in [-0.05, 0) is 90.4 Å². The first kappa shape index (κ1) is 35.7. The first-order valence-corrected chi connectivity index (χ1v) is 18.0. The van der Waals surface area contributed by atoms with Crippen LogP contribution in [0.15, 0.2) is 102 Å². The first-order valence-electron chi connectivity index (χ1n) is 18.0. The summed E-state index contributed by atoms with van der Waals surface area (Å²) >= 11 is 0. The van der Waals surface area contributed by atoms with E-state index in [1.54, 1.807) is 24.3 Å². The molecule has 0 unspecified atom stereocenters. The lowest BCUT2D eigenvalue weighted by molar-refractivity contribution is 0.0735. The molecule has 4 heteroatoms. The monoisotopic (exact) mass is 631 g/mol. The van der Waals surface area contributed by atoms with E-state index >= 15 is 0 Å². The van der Waals surface area contributed by atoms with Gasteiger partial charge in [0, 0.05) is 11.8 Å². The quantitative estimate of drug-likeness (QED) is 0.0344. The van der Waals surface area contributed by atoms with E-state index in [4.69, 9.17) is 9.47 Å². The molecular weight excluding hydrogens is 578 g/mol. The normalized spacial score (nSPS) is 12.1. The minimum atomic E-state index is -0.400. The minimum absolute atomic E-state index is 0.400. The Morgan fingerprint density at radius 1 is 0.660 bits per heavy atom. The van der Waals surface area contributed by atoms with Gasteiger partial charge in [0.05, 0.1) is 17.9 Å². The fourth-order valence-electron chi connectivity index (χ4n) is 5.70. The molecule has 0 radical (unpaired) electrons. The van der Waals surface area contributed by atoms with E-state index in [0.29, 0.717) is 11.3 Å². The summed E-state index contributed by atoms with van der Waals surface area (Å²) in [6, 6.07) is 22.6. The molecule has 0 saturated heterocycles. The Morgan fingerprint density at radius 2 is 1.21 bits per heavy atom. The van der Waals surface area contributed by atoms with Crippen molar-refractivity contribution < 1.29 is 14.3 Å². The zero-order valence-corrected chi connectivity index (χ0v) is 28.4. The highest BCUT2D eigenvalue weighted by Crippen LogP contribution is 2.22. The molecule has 4 nitrogen and oxygen atoms in total. The molecule has 47 heavy (non-hydrogen) atoms. The van der Waals surface area contributed by atoms with Crippen LogP contribution in [0.5, 0.6) is 11.5 Å². The van der Waals surface area contributed by atoms with E-state index in [0.717, 1.165) is 41.2 Å². The summed E-state index contributed by atoms with van der Waals surface area (Å²) in [5, 5.41) is 0. The van der Waals surface area contributed by atoms with Crippen molar-refractivity contribution in [1.29, 1.82) is 0 Å². The van der Waals surface area contributed by atoms with Crippen LogP contribution in [0.2, 0.25) is 0 Å². The van der Waals surface area contributed by atoms with Crippen molar-refractivity contribution in [2.75, 3.05) is 6.61 Å². The molecule has 1 aliphatic carbocycles. The molecule has 0 spiro atoms. The lowest BCUT2D eigenvalue weighted by Gasteiger charge is -2.07. The van der Waals surface area contributed by atoms with E-state index in [-0.39, 0.29) is 0 Å². The molecule has 0 amide bonds. The number of hydrogen-bond donors (Lipinski definition) is 0. The molecule has 3 aromatic carbocycles. The molecule has 0 aromatic heterocycles. The van der Waals surface area contributed by atoms with Gasteiger partial charge in [-0.3, -0.25) is 4.99 Å². The van der Waals surface area contributed by atoms with Crippen molar-refractivity contribution in [2.45, 2.75) is 110 Å². The van der Waals surface area contributed by atoms with Crippen LogP contribution in [0.25, 0.3) is 5.57 Å². The van der Waals surface area contributed by atoms with Crippen LogP contribution < -0.4 is 9.47 Å². The second-order valence-electron chi connectivity index (χ2n) is 12.5. The molecule has 4 rings (SSSR count). The number of nitrogens with zero attached hydrogens (tertiary/aromatic N) is 1. The number of unbranched alkanes of at least 4 members (excludes halogenated alkanes) is 15. The van der Waals surface area contributed by atoms with Gasteiger partial charge in [-0.1, -0.05) is 121 Å². The third-order valence-corrected chi connectivity index (χ3v) is 8.59. The van der Waals surface area contributed by atoms with Gasteiger partial charge in [-0.15, -0.1) is 5.73 Å². The predicted molar refractivity (Wildman–Crippen MR) is 197 cm³/mol. The maximum absolute atomic E-state index is 12.6. The van der Waals surface area contributed by atoms with Crippen molar-refractivity contribution in [3.05, 3.63) is 113 Å². The maximum Gasteiger partial charge on any atom is 0.343 e. The summed E-state index contributed by atoms with van der Waals surface area (Å²) in [5.41, 5.74) is 7.45. The van der Waals surface area contributed by atoms with E-state index in [1.165, 1.54) is 96.3 Å². The van der Waals surface area contributed by atoms with Crippen LogP contribution in [-0.2, 0) is 0 Å². The number of allylic oxidation sites excluding steroid dienone is 3. The summed E-state index contributed by atoms with van der Waals surface area (Å²) < 4.78 is 11.5. The van der Waals surface area contributed by atoms with Crippen molar-refractivity contribution in [3.63, 3.8) is 0 Å². The van der Waals surface area contributed by atoms with Gasteiger partial charge in [0.1, 0.15) is 11.5 Å². The van der Waals surface area contributed by atoms with Crippen LogP contribution in [-0.4, -0.2) is 18.8 Å². The molecule has 1 aliphatic rings. The maximum atomic E-state index is 12.6. The van der Waals surface area contributed by atoms with Gasteiger partial charge in [0.25, 0.3) is 0 Å². The van der Waals surface area contributed by atoms with Gasteiger partial charge in [0.2, 0.25) is 0 Å². The highest BCUT2D eigenvalue weighted by Gasteiger charge is 2.09. The SMILES string of the molecule is CCCCCCCCCCCCCCCCCCOc1ccc(C=Nc2ccc(C(=O)Oc3ccc(C4=C=CC=C4)cc3)cc2)cc1. The molecular formula is C43H53NO3. The Bertz CT molecular complexity index is 1440. The Morgan fingerprint density at radius 3 is 1.77 bits per heavy atom. The molecule has 0 atom stereocenters. The van der Waals surface area contributed by atoms with Gasteiger partial charge in [-0.25, -0.2) is 4.79 Å². The molecule has 248 valence electrons. The fraction of sp³-hybridized carbons (Fsp3) is 0.419. The van der Waals surface area contributed by atoms with Gasteiger partial charge in [-0.2, -0.15) is 0 Å². The van der Waals surface area contributed by atoms with Crippen molar-refractivity contribution >= 4 is 23.4 Å². The zero-order chi connectivity index (χ0) is 32.8. The highest BCUT2D eigenvalue weighted by molar-refractivity contribution is 5.91. The summed E-state index contributed by atoms with van der Waals surface area (Å²) in [5.74, 6) is 0.998. The number of rotatable bonds is 23. The molecule has 0 fully saturated rings. The Kier molecular flexibility index (Phi) is 16.4. The number of hydrogen-bond acceptors (Lipinski definition) is 4. The standard InChI is InChI=1S/C43H53NO3/c1-2-3-4-5-6-7-8-9-10-11-12-13-14-15-16-19-34-46-41-30-22-36(23-31-41)35-44-40-28-24-39(25-29-40)43(45)47-42-32-26-38(27-33-42)37-20-17-18-21-37/h17-18,20,22-33,35H,2-16,19,34H2,1H3. The highest BCUT2D eigenvalue weighted by atomic mass is 16.5. The van der Waals surface area contributed by atoms with Gasteiger partial charge >= 0.3 is 5.97 Å².